The third-order valence-electron chi connectivity index (χ3n) is 3.91. The second kappa shape index (κ2) is 6.23. The minimum absolute atomic E-state index is 0.0842. The third-order valence-corrected chi connectivity index (χ3v) is 3.91. The van der Waals surface area contributed by atoms with E-state index in [4.69, 9.17) is 0 Å². The number of nitrogens with one attached hydrogen (secondary N) is 1. The Bertz CT molecular complexity index is 956. The molecule has 2 aromatic heterocycles. The van der Waals surface area contributed by atoms with E-state index in [1.807, 2.05) is 30.3 Å². The number of benzene rings is 1. The first-order valence-electron chi connectivity index (χ1n) is 7.58. The summed E-state index contributed by atoms with van der Waals surface area (Å²) in [4.78, 5) is 24.0. The van der Waals surface area contributed by atoms with Crippen molar-refractivity contribution in [1.29, 1.82) is 0 Å². The molecule has 3 aromatic rings. The van der Waals surface area contributed by atoms with Crippen molar-refractivity contribution in [3.8, 4) is 5.69 Å². The van der Waals surface area contributed by atoms with Crippen LogP contribution in [0.15, 0.2) is 36.5 Å². The maximum Gasteiger partial charge on any atom is 0.356 e. The summed E-state index contributed by atoms with van der Waals surface area (Å²) in [5.74, 6) is -1.59. The van der Waals surface area contributed by atoms with Crippen LogP contribution in [0.4, 0.5) is 5.69 Å². The van der Waals surface area contributed by atoms with Gasteiger partial charge in [-0.15, -0.1) is 0 Å². The highest BCUT2D eigenvalue weighted by Gasteiger charge is 2.23. The van der Waals surface area contributed by atoms with Crippen LogP contribution in [-0.4, -0.2) is 36.5 Å². The zero-order valence-corrected chi connectivity index (χ0v) is 14.0. The molecule has 2 heterocycles. The van der Waals surface area contributed by atoms with Crippen molar-refractivity contribution >= 4 is 17.6 Å². The molecular formula is C17H17N5O3. The van der Waals surface area contributed by atoms with Crippen molar-refractivity contribution in [3.05, 3.63) is 59.2 Å². The summed E-state index contributed by atoms with van der Waals surface area (Å²) in [5, 5.41) is 20.2. The molecule has 0 spiro atoms. The topological polar surface area (TPSA) is 102 Å². The summed E-state index contributed by atoms with van der Waals surface area (Å²) >= 11 is 0. The van der Waals surface area contributed by atoms with Crippen molar-refractivity contribution in [2.45, 2.75) is 13.8 Å². The molecule has 0 aliphatic heterocycles. The molecule has 0 bridgehead atoms. The smallest absolute Gasteiger partial charge is 0.356 e. The van der Waals surface area contributed by atoms with Crippen molar-refractivity contribution in [3.63, 3.8) is 0 Å². The van der Waals surface area contributed by atoms with E-state index in [-0.39, 0.29) is 11.4 Å². The van der Waals surface area contributed by atoms with Gasteiger partial charge in [0.2, 0.25) is 0 Å². The van der Waals surface area contributed by atoms with Crippen LogP contribution in [0.5, 0.6) is 0 Å². The highest BCUT2D eigenvalue weighted by molar-refractivity contribution is 6.08. The Morgan fingerprint density at radius 3 is 2.48 bits per heavy atom. The van der Waals surface area contributed by atoms with Gasteiger partial charge in [0, 0.05) is 7.05 Å². The Labute approximate surface area is 143 Å². The van der Waals surface area contributed by atoms with Crippen LogP contribution in [0.3, 0.4) is 0 Å². The lowest BCUT2D eigenvalue weighted by molar-refractivity contribution is 0.0686. The van der Waals surface area contributed by atoms with Gasteiger partial charge in [0.15, 0.2) is 5.69 Å². The van der Waals surface area contributed by atoms with Crippen LogP contribution in [0.25, 0.3) is 5.69 Å². The van der Waals surface area contributed by atoms with E-state index >= 15 is 0 Å². The van der Waals surface area contributed by atoms with E-state index < -0.39 is 11.9 Å². The first kappa shape index (κ1) is 16.4. The molecule has 8 nitrogen and oxygen atoms in total. The molecule has 3 rings (SSSR count). The average Bonchev–Trinajstić information content (AvgIpc) is 3.07. The first-order chi connectivity index (χ1) is 11.9. The monoisotopic (exact) mass is 339 g/mol. The maximum absolute atomic E-state index is 12.7. The number of aromatic nitrogens is 4. The SMILES string of the molecule is Cc1nn(-c2ccccc2)c(C)c1C(=O)Nc1cnn(C)c1C(=O)O. The first-order valence-corrected chi connectivity index (χ1v) is 7.58. The summed E-state index contributed by atoms with van der Waals surface area (Å²) in [5.41, 5.74) is 2.53. The molecule has 2 N–H and O–H groups in total. The van der Waals surface area contributed by atoms with Crippen LogP contribution < -0.4 is 5.32 Å². The van der Waals surface area contributed by atoms with Gasteiger partial charge in [0.1, 0.15) is 0 Å². The Kier molecular flexibility index (Phi) is 4.10. The molecule has 0 saturated heterocycles. The molecule has 128 valence electrons. The fraction of sp³-hybridized carbons (Fsp3) is 0.176. The number of aryl methyl sites for hydroxylation is 2. The predicted octanol–water partition coefficient (Wildman–Crippen LogP) is 2.17. The molecule has 0 aliphatic carbocycles. The number of aromatic carboxylic acids is 1. The van der Waals surface area contributed by atoms with Crippen molar-refractivity contribution < 1.29 is 14.7 Å². The molecule has 1 amide bonds. The predicted molar refractivity (Wildman–Crippen MR) is 91.2 cm³/mol. The van der Waals surface area contributed by atoms with Crippen molar-refractivity contribution in [2.75, 3.05) is 5.32 Å². The lowest BCUT2D eigenvalue weighted by Crippen LogP contribution is -2.17. The summed E-state index contributed by atoms with van der Waals surface area (Å²) < 4.78 is 2.89. The van der Waals surface area contributed by atoms with Crippen LogP contribution in [0, 0.1) is 13.8 Å². The number of hydrogen-bond acceptors (Lipinski definition) is 4. The molecule has 1 aromatic carbocycles. The van der Waals surface area contributed by atoms with Crippen molar-refractivity contribution in [1.82, 2.24) is 19.6 Å². The van der Waals surface area contributed by atoms with E-state index in [0.717, 1.165) is 5.69 Å². The van der Waals surface area contributed by atoms with Gasteiger partial charge in [-0.25, -0.2) is 9.48 Å². The second-order valence-electron chi connectivity index (χ2n) is 5.58. The lowest BCUT2D eigenvalue weighted by atomic mass is 10.1. The van der Waals surface area contributed by atoms with Gasteiger partial charge >= 0.3 is 5.97 Å². The minimum Gasteiger partial charge on any atom is -0.476 e. The molecular weight excluding hydrogens is 322 g/mol. The number of carbonyl (C=O) groups excluding carboxylic acids is 1. The Morgan fingerprint density at radius 1 is 1.16 bits per heavy atom. The van der Waals surface area contributed by atoms with Gasteiger partial charge in [-0.3, -0.25) is 9.48 Å². The number of anilines is 1. The van der Waals surface area contributed by atoms with Crippen molar-refractivity contribution in [2.24, 2.45) is 7.05 Å². The Balaban J connectivity index is 1.97. The standard InChI is InChI=1S/C17H17N5O3/c1-10-14(11(2)22(20-10)12-7-5-4-6-8-12)16(23)19-13-9-18-21(3)15(13)17(24)25/h4-9H,1-3H3,(H,19,23)(H,24,25). The van der Waals surface area contributed by atoms with Crippen LogP contribution in [-0.2, 0) is 7.05 Å². The Hall–Kier alpha value is -3.42. The van der Waals surface area contributed by atoms with Gasteiger partial charge in [-0.1, -0.05) is 18.2 Å². The number of amides is 1. The second-order valence-corrected chi connectivity index (χ2v) is 5.58. The average molecular weight is 339 g/mol. The summed E-state index contributed by atoms with van der Waals surface area (Å²) in [6.45, 7) is 3.53. The van der Waals surface area contributed by atoms with Crippen LogP contribution in [0.2, 0.25) is 0 Å². The third kappa shape index (κ3) is 2.89. The molecule has 0 fully saturated rings. The number of rotatable bonds is 4. The van der Waals surface area contributed by atoms with E-state index in [9.17, 15) is 14.7 Å². The van der Waals surface area contributed by atoms with E-state index in [1.54, 1.807) is 18.5 Å². The van der Waals surface area contributed by atoms with Gasteiger partial charge in [-0.05, 0) is 26.0 Å². The molecule has 0 unspecified atom stereocenters. The number of nitrogens with zero attached hydrogens (tertiary/aromatic N) is 4. The Morgan fingerprint density at radius 2 is 1.84 bits per heavy atom. The van der Waals surface area contributed by atoms with Crippen LogP contribution >= 0.6 is 0 Å². The highest BCUT2D eigenvalue weighted by atomic mass is 16.4. The van der Waals surface area contributed by atoms with E-state index in [1.165, 1.54) is 17.9 Å². The highest BCUT2D eigenvalue weighted by Crippen LogP contribution is 2.21. The number of carbonyl (C=O) groups is 2. The fourth-order valence-electron chi connectivity index (χ4n) is 2.76. The van der Waals surface area contributed by atoms with Gasteiger partial charge < -0.3 is 10.4 Å². The molecule has 0 radical (unpaired) electrons. The van der Waals surface area contributed by atoms with Gasteiger partial charge in [-0.2, -0.15) is 10.2 Å². The summed E-state index contributed by atoms with van der Waals surface area (Å²) in [6.07, 6.45) is 1.31. The van der Waals surface area contributed by atoms with E-state index in [2.05, 4.69) is 15.5 Å². The van der Waals surface area contributed by atoms with Gasteiger partial charge in [0.25, 0.3) is 5.91 Å². The summed E-state index contributed by atoms with van der Waals surface area (Å²) in [7, 11) is 1.50. The number of carboxylic acids is 1. The largest absolute Gasteiger partial charge is 0.476 e. The number of para-hydroxylation sites is 1. The molecule has 25 heavy (non-hydrogen) atoms. The number of carboxylic acid groups (broad SMARTS) is 1. The lowest BCUT2D eigenvalue weighted by Gasteiger charge is -2.06. The normalized spacial score (nSPS) is 10.7. The zero-order chi connectivity index (χ0) is 18.1. The van der Waals surface area contributed by atoms with E-state index in [0.29, 0.717) is 17.0 Å². The fourth-order valence-corrected chi connectivity index (χ4v) is 2.76. The number of hydrogen-bond donors (Lipinski definition) is 2. The van der Waals surface area contributed by atoms with Crippen LogP contribution in [0.1, 0.15) is 32.2 Å². The quantitative estimate of drug-likeness (QED) is 0.758. The molecule has 0 aliphatic rings. The summed E-state index contributed by atoms with van der Waals surface area (Å²) in [6, 6.07) is 9.47. The molecule has 0 saturated carbocycles. The van der Waals surface area contributed by atoms with Gasteiger partial charge in [0.05, 0.1) is 34.5 Å². The zero-order valence-electron chi connectivity index (χ0n) is 14.0. The molecule has 0 atom stereocenters. The minimum atomic E-state index is -1.16. The molecule has 8 heteroatoms. The maximum atomic E-state index is 12.7.